The topological polar surface area (TPSA) is 13.1 Å². The zero-order chi connectivity index (χ0) is 52.0. The number of rotatable bonds is 7. The van der Waals surface area contributed by atoms with Crippen molar-refractivity contribution in [1.82, 2.24) is 9.13 Å². The number of fused-ring (bicyclic) bond motifs is 14. The van der Waals surface area contributed by atoms with Gasteiger partial charge in [0, 0.05) is 81.2 Å². The van der Waals surface area contributed by atoms with E-state index in [-0.39, 0.29) is 10.8 Å². The lowest BCUT2D eigenvalue weighted by Crippen LogP contribution is -2.16. The first kappa shape index (κ1) is 45.0. The minimum atomic E-state index is -0.217. The van der Waals surface area contributed by atoms with Crippen molar-refractivity contribution >= 4 is 81.3 Å². The second-order valence-corrected chi connectivity index (χ2v) is 23.5. The maximum atomic E-state index is 2.54. The summed E-state index contributed by atoms with van der Waals surface area (Å²) in [6.45, 7) is 9.56. The maximum absolute atomic E-state index is 2.54. The van der Waals surface area contributed by atoms with Crippen LogP contribution in [0, 0.1) is 0 Å². The number of aromatic nitrogens is 2. The molecule has 0 saturated heterocycles. The van der Waals surface area contributed by atoms with E-state index in [0.29, 0.717) is 0 Å². The summed E-state index contributed by atoms with van der Waals surface area (Å²) in [5, 5.41) is 6.37. The second kappa shape index (κ2) is 16.6. The summed E-state index contributed by atoms with van der Waals surface area (Å²) in [7, 11) is 0. The Balaban J connectivity index is 0.916. The van der Waals surface area contributed by atoms with Crippen molar-refractivity contribution < 1.29 is 0 Å². The van der Waals surface area contributed by atoms with Gasteiger partial charge in [-0.25, -0.2) is 0 Å². The van der Waals surface area contributed by atoms with Crippen LogP contribution in [0.1, 0.15) is 49.9 Å². The van der Waals surface area contributed by atoms with Gasteiger partial charge in [-0.15, -0.1) is 11.3 Å². The number of thiophene rings is 1. The number of anilines is 3. The van der Waals surface area contributed by atoms with Crippen LogP contribution in [-0.4, -0.2) is 9.13 Å². The summed E-state index contributed by atoms with van der Waals surface area (Å²) in [6.07, 6.45) is 0. The molecule has 0 amide bonds. The van der Waals surface area contributed by atoms with E-state index >= 15 is 0 Å². The van der Waals surface area contributed by atoms with Crippen molar-refractivity contribution in [1.29, 1.82) is 0 Å². The molecule has 4 heteroatoms. The first-order valence-electron chi connectivity index (χ1n) is 27.2. The van der Waals surface area contributed by atoms with E-state index in [9.17, 15) is 0 Å². The van der Waals surface area contributed by atoms with E-state index in [2.05, 4.69) is 290 Å². The lowest BCUT2D eigenvalue weighted by atomic mass is 9.81. The predicted molar refractivity (Wildman–Crippen MR) is 331 cm³/mol. The van der Waals surface area contributed by atoms with Gasteiger partial charge in [0.1, 0.15) is 0 Å². The van der Waals surface area contributed by atoms with Gasteiger partial charge in [0.15, 0.2) is 0 Å². The van der Waals surface area contributed by atoms with E-state index in [4.69, 9.17) is 0 Å². The third kappa shape index (κ3) is 6.44. The highest BCUT2D eigenvalue weighted by molar-refractivity contribution is 7.26. The standard InChI is InChI=1S/C74H53N3S/c1-73(2)63-27-14-11-22-55(63)56-40-39-53(43-65(56)73)75(50-33-30-47(31-34-50)46-18-7-5-8-19-46)51-35-37-52(38-36-51)76-66-41-32-48(54-25-17-26-58-57-23-13-16-29-69(57)78-72(54)58)42-60(66)61-44-68-62(45-67(61)76)70-71(77(68)49-20-9-6-10-21-49)59-24-12-15-28-64(59)74(70,3)4/h5-45H,1-4H3. The molecule has 2 aliphatic carbocycles. The van der Waals surface area contributed by atoms with Gasteiger partial charge in [0.2, 0.25) is 0 Å². The van der Waals surface area contributed by atoms with Crippen LogP contribution in [0.4, 0.5) is 17.1 Å². The average molecular weight is 1020 g/mol. The van der Waals surface area contributed by atoms with Crippen LogP contribution < -0.4 is 4.90 Å². The average Bonchev–Trinajstić information content (AvgIpc) is 4.19. The molecule has 3 aromatic heterocycles. The van der Waals surface area contributed by atoms with Gasteiger partial charge in [-0.1, -0.05) is 185 Å². The summed E-state index contributed by atoms with van der Waals surface area (Å²) in [6, 6.07) is 92.9. The molecule has 0 N–H and O–H groups in total. The molecule has 3 nitrogen and oxygen atoms in total. The van der Waals surface area contributed by atoms with Crippen molar-refractivity contribution in [2.75, 3.05) is 4.90 Å². The van der Waals surface area contributed by atoms with Gasteiger partial charge in [0.25, 0.3) is 0 Å². The molecule has 0 bridgehead atoms. The van der Waals surface area contributed by atoms with Crippen LogP contribution in [-0.2, 0) is 10.8 Å². The molecule has 78 heavy (non-hydrogen) atoms. The van der Waals surface area contributed by atoms with Crippen LogP contribution >= 0.6 is 11.3 Å². The summed E-state index contributed by atoms with van der Waals surface area (Å²) in [4.78, 5) is 2.43. The number of hydrogen-bond acceptors (Lipinski definition) is 2. The Labute approximate surface area is 458 Å². The SMILES string of the molecule is CC1(C)c2ccccc2-c2ccc(N(c3ccc(-c4ccccc4)cc3)c3ccc(-n4c5ccc(-c6cccc7c6sc6ccccc67)cc5c5cc6c(cc54)c4c(n6-c5ccccc5)-c5ccccc5C4(C)C)cc3)cc21. The molecule has 370 valence electrons. The molecular formula is C74H53N3S. The fraction of sp³-hybridized carbons (Fsp3) is 0.0811. The molecule has 0 saturated carbocycles. The molecule has 0 atom stereocenters. The monoisotopic (exact) mass is 1020 g/mol. The zero-order valence-electron chi connectivity index (χ0n) is 43.9. The van der Waals surface area contributed by atoms with Crippen LogP contribution in [0.25, 0.3) is 109 Å². The Kier molecular flexibility index (Phi) is 9.60. The predicted octanol–water partition coefficient (Wildman–Crippen LogP) is 20.5. The van der Waals surface area contributed by atoms with E-state index in [1.54, 1.807) is 0 Å². The van der Waals surface area contributed by atoms with Crippen molar-refractivity contribution in [3.8, 4) is 56.0 Å². The van der Waals surface area contributed by atoms with Gasteiger partial charge in [-0.05, 0) is 147 Å². The molecule has 0 aliphatic heterocycles. The van der Waals surface area contributed by atoms with Crippen LogP contribution in [0.15, 0.2) is 249 Å². The summed E-state index contributed by atoms with van der Waals surface area (Å²) >= 11 is 1.89. The molecule has 11 aromatic carbocycles. The molecule has 0 fully saturated rings. The van der Waals surface area contributed by atoms with E-state index in [0.717, 1.165) is 22.7 Å². The summed E-state index contributed by atoms with van der Waals surface area (Å²) in [5.41, 5.74) is 24.5. The minimum Gasteiger partial charge on any atom is -0.310 e. The third-order valence-corrected chi connectivity index (χ3v) is 18.7. The molecule has 14 aromatic rings. The fourth-order valence-corrected chi connectivity index (χ4v) is 15.0. The quantitative estimate of drug-likeness (QED) is 0.155. The molecule has 16 rings (SSSR count). The lowest BCUT2D eigenvalue weighted by Gasteiger charge is -2.28. The fourth-order valence-electron chi connectivity index (χ4n) is 13.8. The highest BCUT2D eigenvalue weighted by Crippen LogP contribution is 2.55. The third-order valence-electron chi connectivity index (χ3n) is 17.5. The van der Waals surface area contributed by atoms with Crippen molar-refractivity contribution in [2.24, 2.45) is 0 Å². The van der Waals surface area contributed by atoms with Gasteiger partial charge < -0.3 is 14.0 Å². The molecule has 0 radical (unpaired) electrons. The number of benzene rings is 11. The Hall–Kier alpha value is -9.22. The van der Waals surface area contributed by atoms with E-state index in [1.165, 1.54) is 125 Å². The molecular weight excluding hydrogens is 963 g/mol. The molecule has 0 unspecified atom stereocenters. The largest absolute Gasteiger partial charge is 0.310 e. The Morgan fingerprint density at radius 3 is 1.67 bits per heavy atom. The van der Waals surface area contributed by atoms with Crippen molar-refractivity contribution in [3.63, 3.8) is 0 Å². The number of hydrogen-bond donors (Lipinski definition) is 0. The highest BCUT2D eigenvalue weighted by atomic mass is 32.1. The van der Waals surface area contributed by atoms with Crippen LogP contribution in [0.3, 0.4) is 0 Å². The maximum Gasteiger partial charge on any atom is 0.0585 e. The highest BCUT2D eigenvalue weighted by Gasteiger charge is 2.41. The van der Waals surface area contributed by atoms with Gasteiger partial charge in [-0.3, -0.25) is 0 Å². The first-order chi connectivity index (χ1) is 38.2. The number of para-hydroxylation sites is 1. The summed E-state index contributed by atoms with van der Waals surface area (Å²) in [5.74, 6) is 0. The van der Waals surface area contributed by atoms with Gasteiger partial charge in [0.05, 0.1) is 22.2 Å². The first-order valence-corrected chi connectivity index (χ1v) is 28.1. The normalized spacial score (nSPS) is 13.8. The Bertz CT molecular complexity index is 4760. The van der Waals surface area contributed by atoms with E-state index < -0.39 is 0 Å². The zero-order valence-corrected chi connectivity index (χ0v) is 44.7. The molecule has 2 aliphatic rings. The van der Waals surface area contributed by atoms with Crippen LogP contribution in [0.2, 0.25) is 0 Å². The Morgan fingerprint density at radius 2 is 0.885 bits per heavy atom. The van der Waals surface area contributed by atoms with Gasteiger partial charge >= 0.3 is 0 Å². The summed E-state index contributed by atoms with van der Waals surface area (Å²) < 4.78 is 7.70. The molecule has 0 spiro atoms. The molecule has 3 heterocycles. The van der Waals surface area contributed by atoms with E-state index in [1.807, 2.05) is 11.3 Å². The number of nitrogens with zero attached hydrogens (tertiary/aromatic N) is 3. The second-order valence-electron chi connectivity index (χ2n) is 22.5. The lowest BCUT2D eigenvalue weighted by molar-refractivity contribution is 0.660. The smallest absolute Gasteiger partial charge is 0.0585 e. The van der Waals surface area contributed by atoms with Crippen molar-refractivity contribution in [3.05, 3.63) is 271 Å². The van der Waals surface area contributed by atoms with Crippen LogP contribution in [0.5, 0.6) is 0 Å². The van der Waals surface area contributed by atoms with Gasteiger partial charge in [-0.2, -0.15) is 0 Å². The minimum absolute atomic E-state index is 0.138. The Morgan fingerprint density at radius 1 is 0.333 bits per heavy atom. The van der Waals surface area contributed by atoms with Crippen molar-refractivity contribution in [2.45, 2.75) is 38.5 Å².